The van der Waals surface area contributed by atoms with Gasteiger partial charge in [-0.15, -0.1) is 13.2 Å². The van der Waals surface area contributed by atoms with Crippen molar-refractivity contribution in [3.05, 3.63) is 17.7 Å². The average molecular weight is 171 g/mol. The zero-order valence-corrected chi connectivity index (χ0v) is 5.32. The molecule has 6 heteroatoms. The van der Waals surface area contributed by atoms with E-state index in [1.54, 1.807) is 0 Å². The predicted molar refractivity (Wildman–Crippen MR) is 28.5 cm³/mol. The quantitative estimate of drug-likeness (QED) is 0.583. The second-order valence-corrected chi connectivity index (χ2v) is 1.94. The van der Waals surface area contributed by atoms with E-state index in [-0.39, 0.29) is 4.57 Å². The maximum absolute atomic E-state index is 11.7. The predicted octanol–water partition coefficient (Wildman–Crippen LogP) is 2.01. The van der Waals surface area contributed by atoms with Crippen LogP contribution in [0.3, 0.4) is 0 Å². The van der Waals surface area contributed by atoms with Gasteiger partial charge in [0.05, 0.1) is 6.20 Å². The first-order valence-corrected chi connectivity index (χ1v) is 2.64. The van der Waals surface area contributed by atoms with Crippen LogP contribution >= 0.6 is 11.6 Å². The van der Waals surface area contributed by atoms with E-state index in [4.69, 9.17) is 11.6 Å². The van der Waals surface area contributed by atoms with E-state index in [0.717, 1.165) is 6.20 Å². The third-order valence-corrected chi connectivity index (χ3v) is 1.15. The van der Waals surface area contributed by atoms with Gasteiger partial charge in [-0.2, -0.15) is 0 Å². The molecular formula is C4H2ClF3N2. The Bertz CT molecular complexity index is 229. The molecule has 0 radical (unpaired) electrons. The number of hydrogen-bond acceptors (Lipinski definition) is 1. The molecule has 0 atom stereocenters. The van der Waals surface area contributed by atoms with Crippen LogP contribution < -0.4 is 0 Å². The minimum Gasteiger partial charge on any atom is -0.243 e. The molecule has 0 spiro atoms. The van der Waals surface area contributed by atoms with Crippen LogP contribution in [0, 0.1) is 0 Å². The average Bonchev–Trinajstić information content (AvgIpc) is 2.11. The smallest absolute Gasteiger partial charge is 0.243 e. The molecule has 0 aliphatic heterocycles. The molecule has 0 amide bonds. The Labute approximate surface area is 59.2 Å². The third kappa shape index (κ3) is 1.23. The number of nitrogens with zero attached hydrogens (tertiary/aromatic N) is 2. The molecule has 0 unspecified atom stereocenters. The van der Waals surface area contributed by atoms with Crippen molar-refractivity contribution in [2.75, 3.05) is 0 Å². The van der Waals surface area contributed by atoms with Crippen molar-refractivity contribution in [1.82, 2.24) is 9.55 Å². The number of alkyl halides is 3. The van der Waals surface area contributed by atoms with Crippen molar-refractivity contribution < 1.29 is 13.2 Å². The van der Waals surface area contributed by atoms with Gasteiger partial charge >= 0.3 is 6.30 Å². The molecule has 0 fully saturated rings. The van der Waals surface area contributed by atoms with Crippen LogP contribution in [-0.2, 0) is 6.30 Å². The van der Waals surface area contributed by atoms with Crippen molar-refractivity contribution in [3.63, 3.8) is 0 Å². The van der Waals surface area contributed by atoms with Crippen LogP contribution in [0.15, 0.2) is 12.5 Å². The largest absolute Gasteiger partial charge is 0.490 e. The lowest BCUT2D eigenvalue weighted by atomic mass is 10.9. The monoisotopic (exact) mass is 170 g/mol. The first-order valence-electron chi connectivity index (χ1n) is 2.27. The lowest BCUT2D eigenvalue weighted by molar-refractivity contribution is -0.203. The van der Waals surface area contributed by atoms with Crippen LogP contribution in [0.4, 0.5) is 13.2 Å². The van der Waals surface area contributed by atoms with Crippen molar-refractivity contribution >= 4 is 11.6 Å². The van der Waals surface area contributed by atoms with Gasteiger partial charge in [-0.25, -0.2) is 9.55 Å². The Kier molecular flexibility index (Phi) is 1.60. The van der Waals surface area contributed by atoms with Crippen LogP contribution in [0.25, 0.3) is 0 Å². The van der Waals surface area contributed by atoms with Crippen molar-refractivity contribution in [3.8, 4) is 0 Å². The number of aromatic nitrogens is 2. The van der Waals surface area contributed by atoms with Gasteiger partial charge in [0.15, 0.2) is 0 Å². The first-order chi connectivity index (χ1) is 4.52. The summed E-state index contributed by atoms with van der Waals surface area (Å²) < 4.78 is 35.1. The summed E-state index contributed by atoms with van der Waals surface area (Å²) >= 11 is 5.10. The zero-order chi connectivity index (χ0) is 7.78. The van der Waals surface area contributed by atoms with Crippen LogP contribution in [0.5, 0.6) is 0 Å². The molecular weight excluding hydrogens is 169 g/mol. The molecule has 0 aromatic carbocycles. The van der Waals surface area contributed by atoms with Gasteiger partial charge in [0.2, 0.25) is 0 Å². The topological polar surface area (TPSA) is 17.8 Å². The Morgan fingerprint density at radius 1 is 1.50 bits per heavy atom. The Morgan fingerprint density at radius 2 is 2.10 bits per heavy atom. The van der Waals surface area contributed by atoms with Gasteiger partial charge in [0, 0.05) is 0 Å². The lowest BCUT2D eigenvalue weighted by Crippen LogP contribution is -2.15. The fourth-order valence-electron chi connectivity index (χ4n) is 0.465. The summed E-state index contributed by atoms with van der Waals surface area (Å²) in [6.07, 6.45) is -2.93. The van der Waals surface area contributed by atoms with Gasteiger partial charge in [0.25, 0.3) is 0 Å². The second-order valence-electron chi connectivity index (χ2n) is 1.55. The molecule has 1 aromatic heterocycles. The summed E-state index contributed by atoms with van der Waals surface area (Å²) in [5, 5.41) is -0.437. The highest BCUT2D eigenvalue weighted by molar-refractivity contribution is 6.29. The molecule has 1 rings (SSSR count). The van der Waals surface area contributed by atoms with E-state index < -0.39 is 11.5 Å². The highest BCUT2D eigenvalue weighted by atomic mass is 35.5. The Hall–Kier alpha value is -0.710. The van der Waals surface area contributed by atoms with Crippen molar-refractivity contribution in [1.29, 1.82) is 0 Å². The molecule has 1 aromatic rings. The summed E-state index contributed by atoms with van der Waals surface area (Å²) in [7, 11) is 0. The van der Waals surface area contributed by atoms with Crippen LogP contribution in [-0.4, -0.2) is 9.55 Å². The second kappa shape index (κ2) is 2.16. The normalized spacial score (nSPS) is 12.0. The Balaban J connectivity index is 3.05. The van der Waals surface area contributed by atoms with Crippen LogP contribution in [0.1, 0.15) is 0 Å². The molecule has 2 nitrogen and oxygen atoms in total. The number of hydrogen-bond donors (Lipinski definition) is 0. The number of rotatable bonds is 0. The first kappa shape index (κ1) is 7.40. The number of imidazole rings is 1. The highest BCUT2D eigenvalue weighted by Crippen LogP contribution is 2.25. The molecule has 56 valence electrons. The fraction of sp³-hybridized carbons (Fsp3) is 0.250. The minimum absolute atomic E-state index is 0.0748. The van der Waals surface area contributed by atoms with E-state index >= 15 is 0 Å². The van der Waals surface area contributed by atoms with Gasteiger partial charge in [0.1, 0.15) is 11.5 Å². The van der Waals surface area contributed by atoms with Crippen molar-refractivity contribution in [2.24, 2.45) is 0 Å². The van der Waals surface area contributed by atoms with Crippen molar-refractivity contribution in [2.45, 2.75) is 6.30 Å². The van der Waals surface area contributed by atoms with Crippen LogP contribution in [0.2, 0.25) is 5.15 Å². The maximum Gasteiger partial charge on any atom is 0.490 e. The van der Waals surface area contributed by atoms with E-state index in [0.29, 0.717) is 6.33 Å². The molecule has 0 aliphatic carbocycles. The molecule has 0 saturated carbocycles. The lowest BCUT2D eigenvalue weighted by Gasteiger charge is -2.06. The summed E-state index contributed by atoms with van der Waals surface area (Å²) in [6, 6.07) is 0. The molecule has 10 heavy (non-hydrogen) atoms. The summed E-state index contributed by atoms with van der Waals surface area (Å²) in [5.74, 6) is 0. The molecule has 0 aliphatic rings. The van der Waals surface area contributed by atoms with E-state index in [1.807, 2.05) is 0 Å². The zero-order valence-electron chi connectivity index (χ0n) is 4.56. The summed E-state index contributed by atoms with van der Waals surface area (Å²) in [5.41, 5.74) is 0. The molecule has 1 heterocycles. The maximum atomic E-state index is 11.7. The van der Waals surface area contributed by atoms with Gasteiger partial charge < -0.3 is 0 Å². The van der Waals surface area contributed by atoms with E-state index in [1.165, 1.54) is 0 Å². The van der Waals surface area contributed by atoms with E-state index in [2.05, 4.69) is 4.98 Å². The summed E-state index contributed by atoms with van der Waals surface area (Å²) in [6.45, 7) is 0. The Morgan fingerprint density at radius 3 is 2.30 bits per heavy atom. The third-order valence-electron chi connectivity index (χ3n) is 0.866. The standard InChI is InChI=1S/C4H2ClF3N2/c5-3-1-9-2-10(3)4(6,7)8/h1-2H. The number of halogens is 4. The molecule has 0 bridgehead atoms. The van der Waals surface area contributed by atoms with E-state index in [9.17, 15) is 13.2 Å². The summed E-state index contributed by atoms with van der Waals surface area (Å²) in [4.78, 5) is 3.20. The highest BCUT2D eigenvalue weighted by Gasteiger charge is 2.31. The molecule has 0 N–H and O–H groups in total. The van der Waals surface area contributed by atoms with Gasteiger partial charge in [-0.1, -0.05) is 11.6 Å². The van der Waals surface area contributed by atoms with Gasteiger partial charge in [-0.05, 0) is 0 Å². The minimum atomic E-state index is -4.46. The molecule has 0 saturated heterocycles. The van der Waals surface area contributed by atoms with Gasteiger partial charge in [-0.3, -0.25) is 0 Å². The SMILES string of the molecule is FC(F)(F)n1cncc1Cl. The fourth-order valence-corrected chi connectivity index (χ4v) is 0.661.